The fourth-order valence-corrected chi connectivity index (χ4v) is 4.44. The van der Waals surface area contributed by atoms with Crippen LogP contribution in [0, 0.1) is 0 Å². The predicted molar refractivity (Wildman–Crippen MR) is 148 cm³/mol. The fourth-order valence-electron chi connectivity index (χ4n) is 4.44. The maximum atomic E-state index is 13.1. The standard InChI is InChI=1S/C30H42N4O3/c35-29(16-15-27-12-10-17-31-26-27)32-18-8-3-1-2-4-9-20-34(30(36)28-13-6-5-7-14-28)21-11-19-33-22-24-37-25-23-33/h5-7,10,12-17,26H,1-4,8-9,11,18-25H2,(H,32,35)/b16-15+. The molecule has 0 atom stereocenters. The third-order valence-corrected chi connectivity index (χ3v) is 6.58. The minimum Gasteiger partial charge on any atom is -0.379 e. The van der Waals surface area contributed by atoms with Crippen molar-refractivity contribution in [3.8, 4) is 0 Å². The second-order valence-corrected chi connectivity index (χ2v) is 9.50. The first kappa shape index (κ1) is 28.5. The minimum atomic E-state index is -0.0688. The monoisotopic (exact) mass is 506 g/mol. The Morgan fingerprint density at radius 3 is 2.41 bits per heavy atom. The van der Waals surface area contributed by atoms with Gasteiger partial charge in [-0.05, 0) is 49.1 Å². The van der Waals surface area contributed by atoms with E-state index in [0.717, 1.165) is 102 Å². The number of amides is 2. The van der Waals surface area contributed by atoms with Crippen molar-refractivity contribution in [2.45, 2.75) is 44.9 Å². The van der Waals surface area contributed by atoms with Gasteiger partial charge in [-0.2, -0.15) is 0 Å². The van der Waals surface area contributed by atoms with Crippen LogP contribution in [0.25, 0.3) is 6.08 Å². The van der Waals surface area contributed by atoms with E-state index >= 15 is 0 Å². The van der Waals surface area contributed by atoms with E-state index in [-0.39, 0.29) is 11.8 Å². The van der Waals surface area contributed by atoms with Gasteiger partial charge < -0.3 is 15.0 Å². The highest BCUT2D eigenvalue weighted by Gasteiger charge is 2.16. The number of carbonyl (C=O) groups excluding carboxylic acids is 2. The van der Waals surface area contributed by atoms with Gasteiger partial charge in [-0.15, -0.1) is 0 Å². The number of rotatable bonds is 16. The van der Waals surface area contributed by atoms with E-state index in [1.165, 1.54) is 0 Å². The molecule has 7 nitrogen and oxygen atoms in total. The molecule has 0 saturated carbocycles. The number of morpholine rings is 1. The highest BCUT2D eigenvalue weighted by atomic mass is 16.5. The van der Waals surface area contributed by atoms with Gasteiger partial charge >= 0.3 is 0 Å². The lowest BCUT2D eigenvalue weighted by molar-refractivity contribution is -0.116. The van der Waals surface area contributed by atoms with Crippen molar-refractivity contribution in [3.05, 3.63) is 72.1 Å². The van der Waals surface area contributed by atoms with E-state index < -0.39 is 0 Å². The van der Waals surface area contributed by atoms with Gasteiger partial charge in [0.05, 0.1) is 13.2 Å². The third kappa shape index (κ3) is 11.7. The second kappa shape index (κ2) is 17.4. The molecule has 0 radical (unpaired) electrons. The van der Waals surface area contributed by atoms with Crippen LogP contribution in [0.1, 0.15) is 60.9 Å². The zero-order valence-electron chi connectivity index (χ0n) is 22.0. The molecule has 1 aliphatic rings. The largest absolute Gasteiger partial charge is 0.379 e. The summed E-state index contributed by atoms with van der Waals surface area (Å²) in [5, 5.41) is 2.94. The molecule has 1 aliphatic heterocycles. The van der Waals surface area contributed by atoms with Crippen LogP contribution >= 0.6 is 0 Å². The summed E-state index contributed by atoms with van der Waals surface area (Å²) in [6, 6.07) is 13.4. The number of nitrogens with zero attached hydrogens (tertiary/aromatic N) is 3. The van der Waals surface area contributed by atoms with Crippen LogP contribution in [0.3, 0.4) is 0 Å². The lowest BCUT2D eigenvalue weighted by Crippen LogP contribution is -2.39. The van der Waals surface area contributed by atoms with Crippen LogP contribution in [0.15, 0.2) is 60.9 Å². The highest BCUT2D eigenvalue weighted by molar-refractivity contribution is 5.94. The van der Waals surface area contributed by atoms with Crippen molar-refractivity contribution in [2.24, 2.45) is 0 Å². The number of hydrogen-bond acceptors (Lipinski definition) is 5. The molecule has 3 rings (SSSR count). The molecule has 0 aliphatic carbocycles. The quantitative estimate of drug-likeness (QED) is 0.270. The molecule has 37 heavy (non-hydrogen) atoms. The lowest BCUT2D eigenvalue weighted by atomic mass is 10.1. The third-order valence-electron chi connectivity index (χ3n) is 6.58. The SMILES string of the molecule is O=C(/C=C/c1cccnc1)NCCCCCCCCN(CCCN1CCOCC1)C(=O)c1ccccc1. The molecule has 2 aromatic rings. The topological polar surface area (TPSA) is 74.8 Å². The van der Waals surface area contributed by atoms with Gasteiger partial charge in [0.2, 0.25) is 5.91 Å². The Kier molecular flexibility index (Phi) is 13.4. The maximum absolute atomic E-state index is 13.1. The summed E-state index contributed by atoms with van der Waals surface area (Å²) in [6.45, 7) is 6.88. The van der Waals surface area contributed by atoms with Crippen molar-refractivity contribution < 1.29 is 14.3 Å². The lowest BCUT2D eigenvalue weighted by Gasteiger charge is -2.28. The van der Waals surface area contributed by atoms with Crippen molar-refractivity contribution in [2.75, 3.05) is 52.5 Å². The zero-order chi connectivity index (χ0) is 26.0. The highest BCUT2D eigenvalue weighted by Crippen LogP contribution is 2.11. The first-order valence-corrected chi connectivity index (χ1v) is 13.7. The molecule has 0 spiro atoms. The van der Waals surface area contributed by atoms with E-state index in [9.17, 15) is 9.59 Å². The molecule has 0 unspecified atom stereocenters. The molecule has 1 N–H and O–H groups in total. The van der Waals surface area contributed by atoms with E-state index in [2.05, 4.69) is 15.2 Å². The normalized spacial score (nSPS) is 14.1. The molecule has 2 amide bonds. The zero-order valence-corrected chi connectivity index (χ0v) is 22.0. The number of unbranched alkanes of at least 4 members (excludes halogenated alkanes) is 5. The van der Waals surface area contributed by atoms with Crippen molar-refractivity contribution in [3.63, 3.8) is 0 Å². The van der Waals surface area contributed by atoms with Crippen LogP contribution in [-0.2, 0) is 9.53 Å². The van der Waals surface area contributed by atoms with E-state index in [1.807, 2.05) is 47.4 Å². The van der Waals surface area contributed by atoms with Gasteiger partial charge in [-0.3, -0.25) is 19.5 Å². The second-order valence-electron chi connectivity index (χ2n) is 9.50. The average Bonchev–Trinajstić information content (AvgIpc) is 2.95. The van der Waals surface area contributed by atoms with E-state index in [0.29, 0.717) is 6.54 Å². The molecular weight excluding hydrogens is 464 g/mol. The van der Waals surface area contributed by atoms with E-state index in [4.69, 9.17) is 4.74 Å². The predicted octanol–water partition coefficient (Wildman–Crippen LogP) is 4.42. The fraction of sp³-hybridized carbons (Fsp3) is 0.500. The summed E-state index contributed by atoms with van der Waals surface area (Å²) in [6.07, 6.45) is 14.3. The number of carbonyl (C=O) groups is 2. The molecule has 2 heterocycles. The Hall–Kier alpha value is -3.03. The summed E-state index contributed by atoms with van der Waals surface area (Å²) in [5.41, 5.74) is 1.69. The van der Waals surface area contributed by atoms with Crippen molar-refractivity contribution >= 4 is 17.9 Å². The first-order chi connectivity index (χ1) is 18.2. The van der Waals surface area contributed by atoms with Crippen LogP contribution in [-0.4, -0.2) is 79.1 Å². The summed E-state index contributed by atoms with van der Waals surface area (Å²) < 4.78 is 5.44. The van der Waals surface area contributed by atoms with Crippen LogP contribution < -0.4 is 5.32 Å². The molecule has 1 aromatic heterocycles. The Morgan fingerprint density at radius 1 is 0.919 bits per heavy atom. The molecule has 1 saturated heterocycles. The molecular formula is C30H42N4O3. The van der Waals surface area contributed by atoms with Gasteiger partial charge in [-0.1, -0.05) is 49.9 Å². The van der Waals surface area contributed by atoms with Crippen LogP contribution in [0.2, 0.25) is 0 Å². The van der Waals surface area contributed by atoms with Gasteiger partial charge in [0.1, 0.15) is 0 Å². The number of pyridine rings is 1. The Bertz CT molecular complexity index is 930. The van der Waals surface area contributed by atoms with Gasteiger partial charge in [-0.25, -0.2) is 0 Å². The minimum absolute atomic E-state index is 0.0688. The summed E-state index contributed by atoms with van der Waals surface area (Å²) in [7, 11) is 0. The molecule has 1 aromatic carbocycles. The van der Waals surface area contributed by atoms with Gasteiger partial charge in [0, 0.05) is 63.3 Å². The maximum Gasteiger partial charge on any atom is 0.253 e. The van der Waals surface area contributed by atoms with Gasteiger partial charge in [0.15, 0.2) is 0 Å². The Balaban J connectivity index is 1.27. The van der Waals surface area contributed by atoms with Crippen LogP contribution in [0.4, 0.5) is 0 Å². The first-order valence-electron chi connectivity index (χ1n) is 13.7. The van der Waals surface area contributed by atoms with Crippen LogP contribution in [0.5, 0.6) is 0 Å². The number of benzene rings is 1. The number of aromatic nitrogens is 1. The smallest absolute Gasteiger partial charge is 0.253 e. The summed E-state index contributed by atoms with van der Waals surface area (Å²) in [5.74, 6) is 0.0662. The summed E-state index contributed by atoms with van der Waals surface area (Å²) in [4.78, 5) is 33.5. The van der Waals surface area contributed by atoms with E-state index in [1.54, 1.807) is 24.5 Å². The molecule has 0 bridgehead atoms. The average molecular weight is 507 g/mol. The molecule has 200 valence electrons. The number of nitrogens with one attached hydrogen (secondary N) is 1. The van der Waals surface area contributed by atoms with Gasteiger partial charge in [0.25, 0.3) is 5.91 Å². The Morgan fingerprint density at radius 2 is 1.65 bits per heavy atom. The van der Waals surface area contributed by atoms with Crippen molar-refractivity contribution in [1.29, 1.82) is 0 Å². The van der Waals surface area contributed by atoms with Crippen molar-refractivity contribution in [1.82, 2.24) is 20.1 Å². The number of ether oxygens (including phenoxy) is 1. The number of hydrogen-bond donors (Lipinski definition) is 1. The molecule has 1 fully saturated rings. The Labute approximate surface area is 221 Å². The summed E-state index contributed by atoms with van der Waals surface area (Å²) >= 11 is 0. The molecule has 7 heteroatoms.